The van der Waals surface area contributed by atoms with Crippen molar-refractivity contribution in [2.45, 2.75) is 95.7 Å². The molecule has 2 atom stereocenters. The Labute approximate surface area is 203 Å². The number of nitrogens with zero attached hydrogens (tertiary/aromatic N) is 2. The molecule has 4 amide bonds. The average molecular weight is 470 g/mol. The summed E-state index contributed by atoms with van der Waals surface area (Å²) in [6, 6.07) is 7.88. The van der Waals surface area contributed by atoms with E-state index in [1.807, 2.05) is 29.2 Å². The highest BCUT2D eigenvalue weighted by Crippen LogP contribution is 2.35. The lowest BCUT2D eigenvalue weighted by atomic mass is 9.81. The number of carbonyl (C=O) groups excluding carboxylic acids is 3. The smallest absolute Gasteiger partial charge is 0.327 e. The van der Waals surface area contributed by atoms with Crippen LogP contribution in [0.15, 0.2) is 24.3 Å². The lowest BCUT2D eigenvalue weighted by Gasteiger charge is -2.47. The number of ether oxygens (including phenoxy) is 1. The minimum atomic E-state index is -0.192. The van der Waals surface area contributed by atoms with Crippen molar-refractivity contribution in [2.24, 2.45) is 5.92 Å². The predicted molar refractivity (Wildman–Crippen MR) is 130 cm³/mol. The van der Waals surface area contributed by atoms with Crippen LogP contribution in [-0.4, -0.2) is 53.4 Å². The Morgan fingerprint density at radius 1 is 1.03 bits per heavy atom. The fourth-order valence-electron chi connectivity index (χ4n) is 5.82. The average Bonchev–Trinajstić information content (AvgIpc) is 2.87. The van der Waals surface area contributed by atoms with E-state index in [2.05, 4.69) is 5.32 Å². The molecular formula is C27H39N3O4. The zero-order chi connectivity index (χ0) is 23.9. The normalized spacial score (nSPS) is 23.6. The predicted octanol–water partition coefficient (Wildman–Crippen LogP) is 4.64. The summed E-state index contributed by atoms with van der Waals surface area (Å²) in [4.78, 5) is 42.4. The van der Waals surface area contributed by atoms with Gasteiger partial charge in [0, 0.05) is 31.6 Å². The molecule has 0 aromatic heterocycles. The van der Waals surface area contributed by atoms with Gasteiger partial charge in [-0.3, -0.25) is 14.5 Å². The number of fused-ring (bicyclic) bond motifs is 1. The van der Waals surface area contributed by atoms with Gasteiger partial charge in [0.05, 0.1) is 13.0 Å². The van der Waals surface area contributed by atoms with Crippen molar-refractivity contribution in [3.05, 3.63) is 29.8 Å². The summed E-state index contributed by atoms with van der Waals surface area (Å²) in [6.45, 7) is 0.858. The lowest BCUT2D eigenvalue weighted by Crippen LogP contribution is -2.62. The van der Waals surface area contributed by atoms with Gasteiger partial charge in [0.25, 0.3) is 0 Å². The van der Waals surface area contributed by atoms with E-state index in [1.165, 1.54) is 24.2 Å². The third kappa shape index (κ3) is 5.91. The second kappa shape index (κ2) is 11.7. The molecule has 3 fully saturated rings. The van der Waals surface area contributed by atoms with Gasteiger partial charge in [-0.2, -0.15) is 0 Å². The van der Waals surface area contributed by atoms with Crippen LogP contribution >= 0.6 is 0 Å². The quantitative estimate of drug-likeness (QED) is 0.535. The molecular weight excluding hydrogens is 430 g/mol. The first-order valence-electron chi connectivity index (χ1n) is 13.1. The number of imide groups is 1. The fourth-order valence-corrected chi connectivity index (χ4v) is 5.82. The number of hydrogen-bond donors (Lipinski definition) is 1. The molecule has 1 aromatic rings. The van der Waals surface area contributed by atoms with Crippen LogP contribution in [0.4, 0.5) is 4.79 Å². The molecule has 0 bridgehead atoms. The number of carbonyl (C=O) groups is 3. The van der Waals surface area contributed by atoms with E-state index in [1.54, 1.807) is 7.11 Å². The van der Waals surface area contributed by atoms with Crippen molar-refractivity contribution in [2.75, 3.05) is 13.7 Å². The van der Waals surface area contributed by atoms with Crippen molar-refractivity contribution in [1.29, 1.82) is 0 Å². The minimum Gasteiger partial charge on any atom is -0.497 e. The lowest BCUT2D eigenvalue weighted by molar-refractivity contribution is -0.140. The SMILES string of the molecule is COc1cccc(CN2C(=O)N(CCCCC(=O)NC3CCCCC3)C(=O)C3CCCCC32)c1. The molecule has 186 valence electrons. The van der Waals surface area contributed by atoms with E-state index in [-0.39, 0.29) is 29.8 Å². The Balaban J connectivity index is 1.34. The van der Waals surface area contributed by atoms with Gasteiger partial charge in [0.15, 0.2) is 0 Å². The molecule has 1 heterocycles. The number of amides is 4. The summed E-state index contributed by atoms with van der Waals surface area (Å²) < 4.78 is 5.35. The van der Waals surface area contributed by atoms with Gasteiger partial charge in [-0.1, -0.05) is 44.2 Å². The highest BCUT2D eigenvalue weighted by atomic mass is 16.5. The van der Waals surface area contributed by atoms with E-state index in [4.69, 9.17) is 4.74 Å². The van der Waals surface area contributed by atoms with E-state index in [0.717, 1.165) is 49.8 Å². The van der Waals surface area contributed by atoms with Gasteiger partial charge in [-0.15, -0.1) is 0 Å². The Morgan fingerprint density at radius 3 is 2.59 bits per heavy atom. The molecule has 2 aliphatic carbocycles. The van der Waals surface area contributed by atoms with Crippen LogP contribution in [-0.2, 0) is 16.1 Å². The number of unbranched alkanes of at least 4 members (excludes halogenated alkanes) is 1. The molecule has 1 aliphatic heterocycles. The summed E-state index contributed by atoms with van der Waals surface area (Å²) in [7, 11) is 1.64. The minimum absolute atomic E-state index is 0.0248. The van der Waals surface area contributed by atoms with Crippen LogP contribution in [0, 0.1) is 5.92 Å². The Kier molecular flexibility index (Phi) is 8.46. The highest BCUT2D eigenvalue weighted by Gasteiger charge is 2.46. The standard InChI is InChI=1S/C27H39N3O4/c1-34-22-13-9-10-20(18-22)19-30-24-15-6-5-14-23(24)26(32)29(27(30)33)17-8-7-16-25(31)28-21-11-3-2-4-12-21/h9-10,13,18,21,23-24H,2-8,11-12,14-17,19H2,1H3,(H,28,31). The molecule has 2 saturated carbocycles. The number of methoxy groups -OCH3 is 1. The maximum absolute atomic E-state index is 13.5. The summed E-state index contributed by atoms with van der Waals surface area (Å²) >= 11 is 0. The van der Waals surface area contributed by atoms with E-state index in [0.29, 0.717) is 38.4 Å². The number of nitrogens with one attached hydrogen (secondary N) is 1. The van der Waals surface area contributed by atoms with Gasteiger partial charge in [0.2, 0.25) is 11.8 Å². The first-order chi connectivity index (χ1) is 16.6. The third-order valence-electron chi connectivity index (χ3n) is 7.68. The second-order valence-corrected chi connectivity index (χ2v) is 10.1. The largest absolute Gasteiger partial charge is 0.497 e. The van der Waals surface area contributed by atoms with Gasteiger partial charge >= 0.3 is 6.03 Å². The number of urea groups is 1. The van der Waals surface area contributed by atoms with E-state index >= 15 is 0 Å². The van der Waals surface area contributed by atoms with Crippen LogP contribution in [0.3, 0.4) is 0 Å². The Morgan fingerprint density at radius 2 is 1.79 bits per heavy atom. The van der Waals surface area contributed by atoms with Crippen LogP contribution in [0.5, 0.6) is 5.75 Å². The van der Waals surface area contributed by atoms with Gasteiger partial charge in [0.1, 0.15) is 5.75 Å². The molecule has 0 spiro atoms. The van der Waals surface area contributed by atoms with E-state index < -0.39 is 0 Å². The zero-order valence-electron chi connectivity index (χ0n) is 20.5. The number of rotatable bonds is 9. The van der Waals surface area contributed by atoms with Crippen molar-refractivity contribution in [3.63, 3.8) is 0 Å². The zero-order valence-corrected chi connectivity index (χ0v) is 20.5. The monoisotopic (exact) mass is 469 g/mol. The van der Waals surface area contributed by atoms with Crippen molar-refractivity contribution < 1.29 is 19.1 Å². The summed E-state index contributed by atoms with van der Waals surface area (Å²) in [6.07, 6.45) is 11.4. The van der Waals surface area contributed by atoms with Gasteiger partial charge in [-0.05, 0) is 56.2 Å². The summed E-state index contributed by atoms with van der Waals surface area (Å²) in [5.41, 5.74) is 1.01. The first kappa shape index (κ1) is 24.6. The maximum Gasteiger partial charge on any atom is 0.327 e. The van der Waals surface area contributed by atoms with Crippen LogP contribution in [0.2, 0.25) is 0 Å². The second-order valence-electron chi connectivity index (χ2n) is 10.1. The molecule has 0 radical (unpaired) electrons. The van der Waals surface area contributed by atoms with Crippen LogP contribution < -0.4 is 10.1 Å². The molecule has 1 saturated heterocycles. The Hall–Kier alpha value is -2.57. The van der Waals surface area contributed by atoms with E-state index in [9.17, 15) is 14.4 Å². The van der Waals surface area contributed by atoms with Gasteiger partial charge in [-0.25, -0.2) is 4.79 Å². The topological polar surface area (TPSA) is 79.0 Å². The Bertz CT molecular complexity index is 867. The molecule has 3 aliphatic rings. The molecule has 34 heavy (non-hydrogen) atoms. The fraction of sp³-hybridized carbons (Fsp3) is 0.667. The van der Waals surface area contributed by atoms with Gasteiger partial charge < -0.3 is 15.0 Å². The van der Waals surface area contributed by atoms with Crippen molar-refractivity contribution in [3.8, 4) is 5.75 Å². The van der Waals surface area contributed by atoms with Crippen molar-refractivity contribution in [1.82, 2.24) is 15.1 Å². The maximum atomic E-state index is 13.5. The number of benzene rings is 1. The number of hydrogen-bond acceptors (Lipinski definition) is 4. The third-order valence-corrected chi connectivity index (χ3v) is 7.68. The molecule has 7 nitrogen and oxygen atoms in total. The summed E-state index contributed by atoms with van der Waals surface area (Å²) in [5, 5.41) is 3.15. The molecule has 7 heteroatoms. The molecule has 4 rings (SSSR count). The molecule has 2 unspecified atom stereocenters. The van der Waals surface area contributed by atoms with Crippen molar-refractivity contribution >= 4 is 17.8 Å². The van der Waals surface area contributed by atoms with Crippen LogP contribution in [0.1, 0.15) is 82.6 Å². The molecule has 1 aromatic carbocycles. The van der Waals surface area contributed by atoms with Crippen LogP contribution in [0.25, 0.3) is 0 Å². The summed E-state index contributed by atoms with van der Waals surface area (Å²) in [5.74, 6) is 0.715. The first-order valence-corrected chi connectivity index (χ1v) is 13.1. The molecule has 1 N–H and O–H groups in total. The highest BCUT2D eigenvalue weighted by molar-refractivity contribution is 5.98.